The molecule has 0 bridgehead atoms. The highest BCUT2D eigenvalue weighted by atomic mass is 79.9. The Morgan fingerprint density at radius 2 is 2.10 bits per heavy atom. The minimum absolute atomic E-state index is 0.326. The van der Waals surface area contributed by atoms with E-state index in [0.29, 0.717) is 6.07 Å². The maximum atomic E-state index is 13.5. The Labute approximate surface area is 121 Å². The van der Waals surface area contributed by atoms with Crippen LogP contribution in [0.25, 0.3) is 0 Å². The van der Waals surface area contributed by atoms with E-state index in [9.17, 15) is 22.0 Å². The number of sulfonamides is 1. The van der Waals surface area contributed by atoms with Crippen LogP contribution in [0.3, 0.4) is 0 Å². The first-order valence-corrected chi connectivity index (χ1v) is 7.22. The number of carbonyl (C=O) groups is 1. The molecule has 0 saturated carbocycles. The summed E-state index contributed by atoms with van der Waals surface area (Å²) in [6, 6.07) is 2.69. The molecule has 0 amide bonds. The average Bonchev–Trinajstić information content (AvgIpc) is 2.32. The van der Waals surface area contributed by atoms with Crippen molar-refractivity contribution in [3.05, 3.63) is 28.2 Å². The predicted molar refractivity (Wildman–Crippen MR) is 65.8 cm³/mol. The van der Waals surface area contributed by atoms with Gasteiger partial charge in [0, 0.05) is 10.5 Å². The smallest absolute Gasteiger partial charge is 0.322 e. The van der Waals surface area contributed by atoms with Crippen LogP contribution in [0.2, 0.25) is 0 Å². The van der Waals surface area contributed by atoms with Gasteiger partial charge in [-0.3, -0.25) is 4.79 Å². The van der Waals surface area contributed by atoms with Crippen molar-refractivity contribution in [3.63, 3.8) is 0 Å². The van der Waals surface area contributed by atoms with E-state index in [4.69, 9.17) is 5.26 Å². The lowest BCUT2D eigenvalue weighted by molar-refractivity contribution is -0.140. The second-order valence-electron chi connectivity index (χ2n) is 3.34. The summed E-state index contributed by atoms with van der Waals surface area (Å²) in [6.07, 6.45) is 0. The van der Waals surface area contributed by atoms with Gasteiger partial charge in [0.1, 0.15) is 29.1 Å². The Morgan fingerprint density at radius 1 is 1.45 bits per heavy atom. The largest absolute Gasteiger partial charge is 0.449 e. The molecule has 0 unspecified atom stereocenters. The van der Waals surface area contributed by atoms with Crippen LogP contribution in [-0.4, -0.2) is 27.5 Å². The van der Waals surface area contributed by atoms with Crippen LogP contribution < -0.4 is 4.72 Å². The summed E-state index contributed by atoms with van der Waals surface area (Å²) in [5.74, 6) is -3.27. The van der Waals surface area contributed by atoms with Gasteiger partial charge in [-0.1, -0.05) is 0 Å². The van der Waals surface area contributed by atoms with Gasteiger partial charge < -0.3 is 4.74 Å². The molecule has 0 atom stereocenters. The molecule has 0 aromatic heterocycles. The van der Waals surface area contributed by atoms with Gasteiger partial charge in [-0.25, -0.2) is 17.2 Å². The Hall–Kier alpha value is -1.57. The molecule has 10 heteroatoms. The molecule has 1 aromatic carbocycles. The molecule has 0 aliphatic rings. The van der Waals surface area contributed by atoms with Crippen LogP contribution in [0.4, 0.5) is 8.78 Å². The maximum Gasteiger partial charge on any atom is 0.322 e. The quantitative estimate of drug-likeness (QED) is 0.784. The van der Waals surface area contributed by atoms with E-state index < -0.39 is 45.7 Å². The topological polar surface area (TPSA) is 96.3 Å². The molecule has 1 aromatic rings. The number of benzene rings is 1. The molecule has 6 nitrogen and oxygen atoms in total. The van der Waals surface area contributed by atoms with E-state index in [-0.39, 0.29) is 4.47 Å². The Morgan fingerprint density at radius 3 is 2.65 bits per heavy atom. The van der Waals surface area contributed by atoms with Crippen molar-refractivity contribution in [2.75, 3.05) is 13.2 Å². The molecule has 1 rings (SSSR count). The number of carbonyl (C=O) groups excluding carboxylic acids is 1. The van der Waals surface area contributed by atoms with Gasteiger partial charge in [-0.15, -0.1) is 0 Å². The SMILES string of the molecule is N#CCOC(=O)CNS(=O)(=O)c1c(F)cc(F)cc1Br. The molecule has 0 spiro atoms. The van der Waals surface area contributed by atoms with Gasteiger partial charge in [0.15, 0.2) is 6.61 Å². The molecular weight excluding hydrogens is 362 g/mol. The van der Waals surface area contributed by atoms with Crippen molar-refractivity contribution in [3.8, 4) is 6.07 Å². The fourth-order valence-corrected chi connectivity index (χ4v) is 3.31. The number of halogens is 3. The minimum Gasteiger partial charge on any atom is -0.449 e. The summed E-state index contributed by atoms with van der Waals surface area (Å²) in [5.41, 5.74) is 0. The zero-order chi connectivity index (χ0) is 15.3. The molecule has 1 N–H and O–H groups in total. The first-order valence-electron chi connectivity index (χ1n) is 4.94. The molecule has 108 valence electrons. The number of nitrogens with zero attached hydrogens (tertiary/aromatic N) is 1. The van der Waals surface area contributed by atoms with Crippen molar-refractivity contribution in [1.29, 1.82) is 5.26 Å². The second kappa shape index (κ2) is 6.74. The van der Waals surface area contributed by atoms with Crippen molar-refractivity contribution < 1.29 is 26.7 Å². The third kappa shape index (κ3) is 4.22. The zero-order valence-corrected chi connectivity index (χ0v) is 12.1. The fraction of sp³-hybridized carbons (Fsp3) is 0.200. The lowest BCUT2D eigenvalue weighted by atomic mass is 10.3. The highest BCUT2D eigenvalue weighted by molar-refractivity contribution is 9.10. The van der Waals surface area contributed by atoms with Crippen molar-refractivity contribution in [1.82, 2.24) is 4.72 Å². The molecule has 0 heterocycles. The van der Waals surface area contributed by atoms with Crippen LogP contribution in [0.5, 0.6) is 0 Å². The third-order valence-electron chi connectivity index (χ3n) is 1.94. The predicted octanol–water partition coefficient (Wildman–Crippen LogP) is 1.07. The van der Waals surface area contributed by atoms with E-state index in [0.717, 1.165) is 6.07 Å². The van der Waals surface area contributed by atoms with Gasteiger partial charge in [-0.2, -0.15) is 9.98 Å². The summed E-state index contributed by atoms with van der Waals surface area (Å²) in [4.78, 5) is 10.2. The summed E-state index contributed by atoms with van der Waals surface area (Å²) >= 11 is 2.72. The number of nitriles is 1. The Kier molecular flexibility index (Phi) is 5.55. The number of esters is 1. The fourth-order valence-electron chi connectivity index (χ4n) is 1.18. The highest BCUT2D eigenvalue weighted by Gasteiger charge is 2.24. The highest BCUT2D eigenvalue weighted by Crippen LogP contribution is 2.25. The van der Waals surface area contributed by atoms with Gasteiger partial charge in [0.25, 0.3) is 0 Å². The van der Waals surface area contributed by atoms with Crippen LogP contribution >= 0.6 is 15.9 Å². The van der Waals surface area contributed by atoms with Crippen molar-refractivity contribution in [2.45, 2.75) is 4.90 Å². The number of ether oxygens (including phenoxy) is 1. The molecule has 0 saturated heterocycles. The first-order chi connectivity index (χ1) is 9.27. The molecule has 0 fully saturated rings. The monoisotopic (exact) mass is 368 g/mol. The van der Waals surface area contributed by atoms with E-state index in [1.54, 1.807) is 4.72 Å². The standard InChI is InChI=1S/C10H7BrF2N2O4S/c11-7-3-6(12)4-8(13)10(7)20(17,18)15-5-9(16)19-2-1-14/h3-4,15H,2,5H2. The summed E-state index contributed by atoms with van der Waals surface area (Å²) in [6.45, 7) is -1.32. The van der Waals surface area contributed by atoms with E-state index in [1.165, 1.54) is 6.07 Å². The lowest BCUT2D eigenvalue weighted by Gasteiger charge is -2.09. The Bertz CT molecular complexity index is 649. The van der Waals surface area contributed by atoms with Gasteiger partial charge >= 0.3 is 5.97 Å². The van der Waals surface area contributed by atoms with Crippen LogP contribution in [-0.2, 0) is 19.6 Å². The van der Waals surface area contributed by atoms with Crippen molar-refractivity contribution in [2.24, 2.45) is 0 Å². The lowest BCUT2D eigenvalue weighted by Crippen LogP contribution is -2.31. The molecular formula is C10H7BrF2N2O4S. The van der Waals surface area contributed by atoms with Gasteiger partial charge in [0.05, 0.1) is 0 Å². The molecule has 20 heavy (non-hydrogen) atoms. The van der Waals surface area contributed by atoms with Crippen LogP contribution in [0.1, 0.15) is 0 Å². The van der Waals surface area contributed by atoms with Gasteiger partial charge in [-0.05, 0) is 22.0 Å². The second-order valence-corrected chi connectivity index (χ2v) is 5.90. The third-order valence-corrected chi connectivity index (χ3v) is 4.30. The molecule has 0 radical (unpaired) electrons. The van der Waals surface area contributed by atoms with E-state index in [1.807, 2.05) is 0 Å². The van der Waals surface area contributed by atoms with Crippen molar-refractivity contribution >= 4 is 31.9 Å². The zero-order valence-electron chi connectivity index (χ0n) is 9.69. The molecule has 0 aliphatic heterocycles. The van der Waals surface area contributed by atoms with Crippen LogP contribution in [0, 0.1) is 23.0 Å². The van der Waals surface area contributed by atoms with Gasteiger partial charge in [0.2, 0.25) is 10.0 Å². The first kappa shape index (κ1) is 16.5. The number of rotatable bonds is 5. The average molecular weight is 369 g/mol. The summed E-state index contributed by atoms with van der Waals surface area (Å²) < 4.78 is 55.7. The van der Waals surface area contributed by atoms with E-state index >= 15 is 0 Å². The summed E-state index contributed by atoms with van der Waals surface area (Å²) in [7, 11) is -4.38. The maximum absolute atomic E-state index is 13.5. The Balaban J connectivity index is 2.91. The summed E-state index contributed by atoms with van der Waals surface area (Å²) in [5, 5.41) is 8.16. The number of hydrogen-bond acceptors (Lipinski definition) is 5. The molecule has 0 aliphatic carbocycles. The number of nitrogens with one attached hydrogen (secondary N) is 1. The van der Waals surface area contributed by atoms with Crippen LogP contribution in [0.15, 0.2) is 21.5 Å². The normalized spacial score (nSPS) is 10.9. The number of hydrogen-bond donors (Lipinski definition) is 1. The van der Waals surface area contributed by atoms with E-state index in [2.05, 4.69) is 20.7 Å². The minimum atomic E-state index is -4.38.